The summed E-state index contributed by atoms with van der Waals surface area (Å²) in [5, 5.41) is 2.83. The molecule has 0 saturated carbocycles. The molecule has 2 aromatic rings. The van der Waals surface area contributed by atoms with Crippen LogP contribution in [0.1, 0.15) is 21.0 Å². The molecule has 0 aliphatic carbocycles. The van der Waals surface area contributed by atoms with Crippen molar-refractivity contribution < 1.29 is 9.18 Å². The van der Waals surface area contributed by atoms with Gasteiger partial charge >= 0.3 is 0 Å². The van der Waals surface area contributed by atoms with Crippen molar-refractivity contribution in [3.63, 3.8) is 0 Å². The van der Waals surface area contributed by atoms with Crippen LogP contribution in [0.15, 0.2) is 30.3 Å². The third-order valence-electron chi connectivity index (χ3n) is 2.96. The number of amides is 1. The van der Waals surface area contributed by atoms with Gasteiger partial charge in [-0.1, -0.05) is 12.1 Å². The van der Waals surface area contributed by atoms with Crippen molar-refractivity contribution in [3.8, 4) is 11.1 Å². The summed E-state index contributed by atoms with van der Waals surface area (Å²) in [5.74, 6) is -0.346. The van der Waals surface area contributed by atoms with E-state index in [2.05, 4.69) is 5.32 Å². The maximum Gasteiger partial charge on any atom is 0.261 e. The lowest BCUT2D eigenvalue weighted by Crippen LogP contribution is -2.25. The minimum absolute atomic E-state index is 0. The predicted molar refractivity (Wildman–Crippen MR) is 87.7 cm³/mol. The lowest BCUT2D eigenvalue weighted by Gasteiger charge is -2.01. The zero-order chi connectivity index (χ0) is 14.5. The third kappa shape index (κ3) is 4.52. The fourth-order valence-electron chi connectivity index (χ4n) is 1.90. The van der Waals surface area contributed by atoms with Gasteiger partial charge in [0, 0.05) is 11.4 Å². The first-order chi connectivity index (χ1) is 9.61. The van der Waals surface area contributed by atoms with Gasteiger partial charge in [0.2, 0.25) is 0 Å². The second kappa shape index (κ2) is 8.12. The summed E-state index contributed by atoms with van der Waals surface area (Å²) in [4.78, 5) is 13.7. The van der Waals surface area contributed by atoms with Crippen LogP contribution >= 0.6 is 23.7 Å². The molecule has 0 atom stereocenters. The van der Waals surface area contributed by atoms with Gasteiger partial charge in [0.25, 0.3) is 5.91 Å². The average Bonchev–Trinajstić information content (AvgIpc) is 2.82. The molecule has 3 nitrogen and oxygen atoms in total. The molecule has 0 radical (unpaired) electrons. The summed E-state index contributed by atoms with van der Waals surface area (Å²) in [5.41, 5.74) is 7.28. The SMILES string of the molecule is Cc1sc(C(=O)NCCCN)cc1-c1ccc(F)cc1.Cl. The second-order valence-electron chi connectivity index (χ2n) is 4.49. The predicted octanol–water partition coefficient (Wildman–Crippen LogP) is 3.36. The molecule has 0 aliphatic rings. The Hall–Kier alpha value is -1.43. The monoisotopic (exact) mass is 328 g/mol. The van der Waals surface area contributed by atoms with E-state index in [1.165, 1.54) is 23.5 Å². The van der Waals surface area contributed by atoms with E-state index in [0.29, 0.717) is 18.0 Å². The van der Waals surface area contributed by atoms with E-state index < -0.39 is 0 Å². The summed E-state index contributed by atoms with van der Waals surface area (Å²) < 4.78 is 12.9. The first-order valence-corrected chi connectivity index (χ1v) is 7.28. The maximum absolute atomic E-state index is 12.9. The number of hydrogen-bond donors (Lipinski definition) is 2. The van der Waals surface area contributed by atoms with Crippen molar-refractivity contribution in [2.45, 2.75) is 13.3 Å². The number of halogens is 2. The van der Waals surface area contributed by atoms with E-state index >= 15 is 0 Å². The van der Waals surface area contributed by atoms with Crippen LogP contribution in [-0.2, 0) is 0 Å². The Morgan fingerprint density at radius 2 is 2.00 bits per heavy atom. The van der Waals surface area contributed by atoms with Crippen LogP contribution in [0.5, 0.6) is 0 Å². The fraction of sp³-hybridized carbons (Fsp3) is 0.267. The maximum atomic E-state index is 12.9. The van der Waals surface area contributed by atoms with Gasteiger partial charge in [-0.25, -0.2) is 4.39 Å². The first-order valence-electron chi connectivity index (χ1n) is 6.46. The van der Waals surface area contributed by atoms with Crippen LogP contribution < -0.4 is 11.1 Å². The molecule has 0 fully saturated rings. The molecule has 2 rings (SSSR count). The van der Waals surface area contributed by atoms with E-state index in [4.69, 9.17) is 5.73 Å². The van der Waals surface area contributed by atoms with E-state index in [-0.39, 0.29) is 24.1 Å². The molecule has 1 aromatic carbocycles. The van der Waals surface area contributed by atoms with Crippen molar-refractivity contribution in [1.82, 2.24) is 5.32 Å². The summed E-state index contributed by atoms with van der Waals surface area (Å²) in [6.07, 6.45) is 0.765. The van der Waals surface area contributed by atoms with Crippen LogP contribution in [0.25, 0.3) is 11.1 Å². The number of rotatable bonds is 5. The van der Waals surface area contributed by atoms with Crippen LogP contribution in [0.3, 0.4) is 0 Å². The lowest BCUT2D eigenvalue weighted by molar-refractivity contribution is 0.0957. The highest BCUT2D eigenvalue weighted by atomic mass is 35.5. The molecule has 0 bridgehead atoms. The molecular formula is C15H18ClFN2OS. The molecule has 6 heteroatoms. The second-order valence-corrected chi connectivity index (χ2v) is 5.74. The summed E-state index contributed by atoms with van der Waals surface area (Å²) in [6, 6.07) is 8.15. The quantitative estimate of drug-likeness (QED) is 0.827. The number of aryl methyl sites for hydroxylation is 1. The highest BCUT2D eigenvalue weighted by Crippen LogP contribution is 2.31. The highest BCUT2D eigenvalue weighted by molar-refractivity contribution is 7.14. The van der Waals surface area contributed by atoms with Gasteiger partial charge in [-0.2, -0.15) is 0 Å². The molecule has 1 amide bonds. The number of carbonyl (C=O) groups is 1. The van der Waals surface area contributed by atoms with E-state index in [9.17, 15) is 9.18 Å². The summed E-state index contributed by atoms with van der Waals surface area (Å²) in [6.45, 7) is 3.10. The Kier molecular flexibility index (Phi) is 6.81. The number of benzene rings is 1. The lowest BCUT2D eigenvalue weighted by atomic mass is 10.1. The van der Waals surface area contributed by atoms with Crippen molar-refractivity contribution in [2.75, 3.05) is 13.1 Å². The van der Waals surface area contributed by atoms with Crippen LogP contribution in [0.4, 0.5) is 4.39 Å². The molecule has 21 heavy (non-hydrogen) atoms. The molecule has 1 heterocycles. The molecule has 114 valence electrons. The molecule has 0 unspecified atom stereocenters. The molecular weight excluding hydrogens is 311 g/mol. The van der Waals surface area contributed by atoms with E-state index in [0.717, 1.165) is 22.4 Å². The van der Waals surface area contributed by atoms with E-state index in [1.54, 1.807) is 12.1 Å². The van der Waals surface area contributed by atoms with Gasteiger partial charge in [0.15, 0.2) is 0 Å². The minimum atomic E-state index is -0.263. The number of hydrogen-bond acceptors (Lipinski definition) is 3. The molecule has 0 saturated heterocycles. The van der Waals surface area contributed by atoms with Gasteiger partial charge in [-0.3, -0.25) is 4.79 Å². The number of nitrogens with one attached hydrogen (secondary N) is 1. The number of nitrogens with two attached hydrogens (primary N) is 1. The van der Waals surface area contributed by atoms with Crippen LogP contribution in [0.2, 0.25) is 0 Å². The van der Waals surface area contributed by atoms with E-state index in [1.807, 2.05) is 13.0 Å². The summed E-state index contributed by atoms with van der Waals surface area (Å²) in [7, 11) is 0. The van der Waals surface area contributed by atoms with Gasteiger partial charge in [0.1, 0.15) is 5.82 Å². The largest absolute Gasteiger partial charge is 0.351 e. The average molecular weight is 329 g/mol. The zero-order valence-corrected chi connectivity index (χ0v) is 13.3. The molecule has 3 N–H and O–H groups in total. The Balaban J connectivity index is 0.00000220. The molecule has 0 aliphatic heterocycles. The number of carbonyl (C=O) groups excluding carboxylic acids is 1. The van der Waals surface area contributed by atoms with Gasteiger partial charge < -0.3 is 11.1 Å². The Labute approximate surface area is 133 Å². The Morgan fingerprint density at radius 3 is 2.62 bits per heavy atom. The van der Waals surface area contributed by atoms with Crippen LogP contribution in [0, 0.1) is 12.7 Å². The van der Waals surface area contributed by atoms with Gasteiger partial charge in [-0.05, 0) is 49.2 Å². The van der Waals surface area contributed by atoms with Crippen molar-refractivity contribution in [1.29, 1.82) is 0 Å². The number of thiophene rings is 1. The Bertz CT molecular complexity index is 598. The van der Waals surface area contributed by atoms with Crippen molar-refractivity contribution in [3.05, 3.63) is 45.9 Å². The molecule has 1 aromatic heterocycles. The van der Waals surface area contributed by atoms with Gasteiger partial charge in [0.05, 0.1) is 4.88 Å². The molecule has 0 spiro atoms. The smallest absolute Gasteiger partial charge is 0.261 e. The topological polar surface area (TPSA) is 55.1 Å². The van der Waals surface area contributed by atoms with Crippen LogP contribution in [-0.4, -0.2) is 19.0 Å². The normalized spacial score (nSPS) is 10.0. The fourth-order valence-corrected chi connectivity index (χ4v) is 2.86. The van der Waals surface area contributed by atoms with Crippen molar-refractivity contribution >= 4 is 29.7 Å². The third-order valence-corrected chi connectivity index (χ3v) is 4.01. The van der Waals surface area contributed by atoms with Gasteiger partial charge in [-0.15, -0.1) is 23.7 Å². The first kappa shape index (κ1) is 17.6. The highest BCUT2D eigenvalue weighted by Gasteiger charge is 2.13. The zero-order valence-electron chi connectivity index (χ0n) is 11.7. The standard InChI is InChI=1S/C15H17FN2OS.ClH/c1-10-13(11-3-5-12(16)6-4-11)9-14(20-10)15(19)18-8-2-7-17;/h3-6,9H,2,7-8,17H2,1H3,(H,18,19);1H. The Morgan fingerprint density at radius 1 is 1.33 bits per heavy atom. The minimum Gasteiger partial charge on any atom is -0.351 e. The van der Waals surface area contributed by atoms with Crippen molar-refractivity contribution in [2.24, 2.45) is 5.73 Å². The summed E-state index contributed by atoms with van der Waals surface area (Å²) >= 11 is 1.44.